The van der Waals surface area contributed by atoms with Crippen molar-refractivity contribution in [2.75, 3.05) is 11.9 Å². The third-order valence-corrected chi connectivity index (χ3v) is 3.63. The molecule has 0 aliphatic carbocycles. The maximum Gasteiger partial charge on any atom is 0.291 e. The lowest BCUT2D eigenvalue weighted by atomic mass is 10.2. The Labute approximate surface area is 147 Å². The molecular formula is C19H24N2O4. The zero-order chi connectivity index (χ0) is 18.1. The molecule has 0 aliphatic rings. The number of carbonyl (C=O) groups excluding carboxylic acids is 2. The van der Waals surface area contributed by atoms with Gasteiger partial charge in [0.25, 0.3) is 5.91 Å². The second-order valence-corrected chi connectivity index (χ2v) is 5.72. The van der Waals surface area contributed by atoms with E-state index in [-0.39, 0.29) is 17.6 Å². The zero-order valence-electron chi connectivity index (χ0n) is 14.6. The van der Waals surface area contributed by atoms with E-state index in [1.54, 1.807) is 25.1 Å². The number of carbonyl (C=O) groups is 2. The number of nitrogens with one attached hydrogen (secondary N) is 2. The number of ether oxygens (including phenoxy) is 1. The highest BCUT2D eigenvalue weighted by Gasteiger charge is 2.13. The van der Waals surface area contributed by atoms with E-state index in [1.807, 2.05) is 18.2 Å². The summed E-state index contributed by atoms with van der Waals surface area (Å²) in [4.78, 5) is 24.0. The van der Waals surface area contributed by atoms with E-state index in [2.05, 4.69) is 17.6 Å². The van der Waals surface area contributed by atoms with Crippen molar-refractivity contribution in [3.63, 3.8) is 0 Å². The summed E-state index contributed by atoms with van der Waals surface area (Å²) >= 11 is 0. The van der Waals surface area contributed by atoms with Crippen molar-refractivity contribution >= 4 is 17.5 Å². The van der Waals surface area contributed by atoms with Crippen LogP contribution in [-0.4, -0.2) is 24.5 Å². The average molecular weight is 344 g/mol. The molecule has 1 aromatic heterocycles. The number of furan rings is 1. The number of benzene rings is 1. The van der Waals surface area contributed by atoms with E-state index in [9.17, 15) is 9.59 Å². The monoisotopic (exact) mass is 344 g/mol. The number of hydrogen-bond donors (Lipinski definition) is 2. The Morgan fingerprint density at radius 2 is 2.08 bits per heavy atom. The molecule has 1 heterocycles. The van der Waals surface area contributed by atoms with Crippen LogP contribution in [0.4, 0.5) is 5.69 Å². The Balaban J connectivity index is 1.84. The molecule has 1 aromatic carbocycles. The van der Waals surface area contributed by atoms with Crippen LogP contribution in [0.1, 0.15) is 42.8 Å². The van der Waals surface area contributed by atoms with Gasteiger partial charge in [-0.3, -0.25) is 9.59 Å². The van der Waals surface area contributed by atoms with E-state index in [1.165, 1.54) is 6.26 Å². The van der Waals surface area contributed by atoms with Gasteiger partial charge in [-0.15, -0.1) is 0 Å². The first-order chi connectivity index (χ1) is 12.1. The minimum Gasteiger partial charge on any atom is -0.459 e. The van der Waals surface area contributed by atoms with Gasteiger partial charge >= 0.3 is 0 Å². The molecule has 6 heteroatoms. The minimum absolute atomic E-state index is 0.152. The molecule has 2 aromatic rings. The summed E-state index contributed by atoms with van der Waals surface area (Å²) in [7, 11) is 0. The largest absolute Gasteiger partial charge is 0.459 e. The van der Waals surface area contributed by atoms with Crippen molar-refractivity contribution in [1.82, 2.24) is 5.32 Å². The number of hydrogen-bond acceptors (Lipinski definition) is 4. The predicted molar refractivity (Wildman–Crippen MR) is 95.3 cm³/mol. The first-order valence-corrected chi connectivity index (χ1v) is 8.43. The third kappa shape index (κ3) is 6.08. The second kappa shape index (κ2) is 9.64. The summed E-state index contributed by atoms with van der Waals surface area (Å²) in [5.41, 5.74) is 1.52. The standard InChI is InChI=1S/C19H24N2O4/c1-3-4-10-24-14(2)18(22)20-13-15-7-5-8-16(12-15)21-19(23)17-9-6-11-25-17/h5-9,11-12,14H,3-4,10,13H2,1-2H3,(H,20,22)(H,21,23)/t14-/m1/s1. The Bertz CT molecular complexity index is 682. The Morgan fingerprint density at radius 1 is 1.24 bits per heavy atom. The normalized spacial score (nSPS) is 11.8. The van der Waals surface area contributed by atoms with Crippen LogP contribution >= 0.6 is 0 Å². The van der Waals surface area contributed by atoms with Crippen molar-refractivity contribution in [2.24, 2.45) is 0 Å². The molecule has 6 nitrogen and oxygen atoms in total. The molecule has 0 spiro atoms. The molecule has 0 saturated heterocycles. The van der Waals surface area contributed by atoms with Gasteiger partial charge in [-0.25, -0.2) is 0 Å². The summed E-state index contributed by atoms with van der Waals surface area (Å²) in [5.74, 6) is -0.220. The Hall–Kier alpha value is -2.60. The molecule has 0 bridgehead atoms. The van der Waals surface area contributed by atoms with Gasteiger partial charge in [-0.2, -0.15) is 0 Å². The van der Waals surface area contributed by atoms with E-state index in [0.29, 0.717) is 18.8 Å². The lowest BCUT2D eigenvalue weighted by Crippen LogP contribution is -2.34. The SMILES string of the molecule is CCCCO[C@H](C)C(=O)NCc1cccc(NC(=O)c2ccco2)c1. The van der Waals surface area contributed by atoms with Crippen LogP contribution in [0.15, 0.2) is 47.1 Å². The van der Waals surface area contributed by atoms with Gasteiger partial charge < -0.3 is 19.8 Å². The Kier molecular flexibility index (Phi) is 7.22. The molecule has 0 aliphatic heterocycles. The van der Waals surface area contributed by atoms with Crippen molar-refractivity contribution in [1.29, 1.82) is 0 Å². The maximum atomic E-state index is 12.0. The summed E-state index contributed by atoms with van der Waals surface area (Å²) in [6.07, 6.45) is 2.94. The molecular weight excluding hydrogens is 320 g/mol. The number of rotatable bonds is 9. The molecule has 25 heavy (non-hydrogen) atoms. The fourth-order valence-electron chi connectivity index (χ4n) is 2.17. The second-order valence-electron chi connectivity index (χ2n) is 5.72. The van der Waals surface area contributed by atoms with Crippen LogP contribution < -0.4 is 10.6 Å². The van der Waals surface area contributed by atoms with Gasteiger partial charge in [0.1, 0.15) is 6.10 Å². The van der Waals surface area contributed by atoms with E-state index < -0.39 is 6.10 Å². The Morgan fingerprint density at radius 3 is 2.80 bits per heavy atom. The van der Waals surface area contributed by atoms with E-state index in [4.69, 9.17) is 9.15 Å². The number of amides is 2. The van der Waals surface area contributed by atoms with Crippen LogP contribution in [0, 0.1) is 0 Å². The van der Waals surface area contributed by atoms with Gasteiger partial charge in [0.15, 0.2) is 5.76 Å². The van der Waals surface area contributed by atoms with E-state index >= 15 is 0 Å². The minimum atomic E-state index is -0.478. The molecule has 2 N–H and O–H groups in total. The zero-order valence-corrected chi connectivity index (χ0v) is 14.6. The average Bonchev–Trinajstić information content (AvgIpc) is 3.15. The highest BCUT2D eigenvalue weighted by molar-refractivity contribution is 6.02. The van der Waals surface area contributed by atoms with Crippen LogP contribution in [0.2, 0.25) is 0 Å². The van der Waals surface area contributed by atoms with Crippen LogP contribution in [-0.2, 0) is 16.1 Å². The summed E-state index contributed by atoms with van der Waals surface area (Å²) in [6.45, 7) is 4.76. The predicted octanol–water partition coefficient (Wildman–Crippen LogP) is 3.35. The van der Waals surface area contributed by atoms with Gasteiger partial charge in [0, 0.05) is 18.8 Å². The molecule has 0 saturated carbocycles. The number of anilines is 1. The van der Waals surface area contributed by atoms with Gasteiger partial charge in [0.2, 0.25) is 5.91 Å². The van der Waals surface area contributed by atoms with Crippen molar-refractivity contribution in [2.45, 2.75) is 39.3 Å². The molecule has 0 unspecified atom stereocenters. The van der Waals surface area contributed by atoms with Crippen molar-refractivity contribution in [3.05, 3.63) is 54.0 Å². The quantitative estimate of drug-likeness (QED) is 0.684. The molecule has 2 rings (SSSR count). The fraction of sp³-hybridized carbons (Fsp3) is 0.368. The topological polar surface area (TPSA) is 80.6 Å². The lowest BCUT2D eigenvalue weighted by Gasteiger charge is -2.13. The van der Waals surface area contributed by atoms with Crippen molar-refractivity contribution in [3.8, 4) is 0 Å². The summed E-state index contributed by atoms with van der Waals surface area (Å²) in [6, 6.07) is 10.5. The van der Waals surface area contributed by atoms with Gasteiger partial charge in [-0.1, -0.05) is 25.5 Å². The van der Waals surface area contributed by atoms with Gasteiger partial charge in [-0.05, 0) is 43.2 Å². The maximum absolute atomic E-state index is 12.0. The summed E-state index contributed by atoms with van der Waals surface area (Å²) < 4.78 is 10.5. The molecule has 1 atom stereocenters. The smallest absolute Gasteiger partial charge is 0.291 e. The number of unbranched alkanes of at least 4 members (excludes halogenated alkanes) is 1. The third-order valence-electron chi connectivity index (χ3n) is 3.63. The fourth-order valence-corrected chi connectivity index (χ4v) is 2.17. The van der Waals surface area contributed by atoms with E-state index in [0.717, 1.165) is 18.4 Å². The molecule has 2 amide bonds. The lowest BCUT2D eigenvalue weighted by molar-refractivity contribution is -0.131. The highest BCUT2D eigenvalue weighted by atomic mass is 16.5. The molecule has 134 valence electrons. The molecule has 0 fully saturated rings. The van der Waals surface area contributed by atoms with Crippen molar-refractivity contribution < 1.29 is 18.7 Å². The van der Waals surface area contributed by atoms with Gasteiger partial charge in [0.05, 0.1) is 6.26 Å². The first-order valence-electron chi connectivity index (χ1n) is 8.43. The first kappa shape index (κ1) is 18.7. The van der Waals surface area contributed by atoms with Crippen LogP contribution in [0.25, 0.3) is 0 Å². The molecule has 0 radical (unpaired) electrons. The summed E-state index contributed by atoms with van der Waals surface area (Å²) in [5, 5.41) is 5.60. The highest BCUT2D eigenvalue weighted by Crippen LogP contribution is 2.13. The van der Waals surface area contributed by atoms with Crippen LogP contribution in [0.3, 0.4) is 0 Å². The van der Waals surface area contributed by atoms with Crippen LogP contribution in [0.5, 0.6) is 0 Å².